The Balaban J connectivity index is 2.44. The second kappa shape index (κ2) is 5.81. The first-order valence-corrected chi connectivity index (χ1v) is 6.27. The molecule has 0 bridgehead atoms. The molecule has 106 valence electrons. The van der Waals surface area contributed by atoms with Crippen molar-refractivity contribution in [2.75, 3.05) is 6.61 Å². The van der Waals surface area contributed by atoms with Crippen LogP contribution in [0.5, 0.6) is 0 Å². The van der Waals surface area contributed by atoms with Gasteiger partial charge in [0.1, 0.15) is 0 Å². The molecule has 0 aliphatic rings. The maximum absolute atomic E-state index is 13.3. The van der Waals surface area contributed by atoms with Crippen molar-refractivity contribution < 1.29 is 18.3 Å². The number of rotatable bonds is 4. The fraction of sp³-hybridized carbons (Fsp3) is 0.286. The molecule has 1 aromatic heterocycles. The molecule has 0 spiro atoms. The van der Waals surface area contributed by atoms with E-state index in [0.717, 1.165) is 12.1 Å². The van der Waals surface area contributed by atoms with E-state index in [1.807, 2.05) is 6.92 Å². The zero-order chi connectivity index (χ0) is 14.7. The van der Waals surface area contributed by atoms with Crippen LogP contribution in [0.1, 0.15) is 24.3 Å². The molecule has 4 nitrogen and oxygen atoms in total. The van der Waals surface area contributed by atoms with Gasteiger partial charge in [0, 0.05) is 12.1 Å². The summed E-state index contributed by atoms with van der Waals surface area (Å²) in [6.07, 6.45) is 0. The minimum Gasteiger partial charge on any atom is -0.461 e. The van der Waals surface area contributed by atoms with Crippen molar-refractivity contribution in [2.24, 2.45) is 0 Å². The summed E-state index contributed by atoms with van der Waals surface area (Å²) in [7, 11) is 0. The SMILES string of the molecule is CCOC(=O)c1cc(-c2ccc(F)c(F)c2)n(CC)n1. The van der Waals surface area contributed by atoms with Crippen LogP contribution in [0.2, 0.25) is 0 Å². The molecule has 0 atom stereocenters. The van der Waals surface area contributed by atoms with Crippen LogP contribution in [0.3, 0.4) is 0 Å². The molecular weight excluding hydrogens is 266 g/mol. The molecule has 2 aromatic rings. The monoisotopic (exact) mass is 280 g/mol. The summed E-state index contributed by atoms with van der Waals surface area (Å²) in [5.74, 6) is -2.39. The minimum atomic E-state index is -0.941. The fourth-order valence-corrected chi connectivity index (χ4v) is 1.85. The molecule has 0 saturated heterocycles. The third-order valence-electron chi connectivity index (χ3n) is 2.78. The van der Waals surface area contributed by atoms with E-state index in [-0.39, 0.29) is 12.3 Å². The van der Waals surface area contributed by atoms with Crippen molar-refractivity contribution in [1.29, 1.82) is 0 Å². The molecule has 0 aliphatic carbocycles. The number of benzene rings is 1. The molecule has 0 N–H and O–H groups in total. The number of aryl methyl sites for hydroxylation is 1. The molecule has 20 heavy (non-hydrogen) atoms. The lowest BCUT2D eigenvalue weighted by Gasteiger charge is -2.04. The Morgan fingerprint density at radius 3 is 2.60 bits per heavy atom. The zero-order valence-corrected chi connectivity index (χ0v) is 11.2. The average molecular weight is 280 g/mol. The summed E-state index contributed by atoms with van der Waals surface area (Å²) >= 11 is 0. The highest BCUT2D eigenvalue weighted by Crippen LogP contribution is 2.23. The summed E-state index contributed by atoms with van der Waals surface area (Å²) in [5, 5.41) is 4.10. The van der Waals surface area contributed by atoms with Gasteiger partial charge in [-0.3, -0.25) is 4.68 Å². The van der Waals surface area contributed by atoms with Crippen LogP contribution in [-0.4, -0.2) is 22.4 Å². The maximum atomic E-state index is 13.3. The molecule has 0 saturated carbocycles. The molecule has 0 amide bonds. The molecule has 1 aromatic carbocycles. The van der Waals surface area contributed by atoms with Gasteiger partial charge in [0.25, 0.3) is 0 Å². The van der Waals surface area contributed by atoms with Crippen LogP contribution >= 0.6 is 0 Å². The summed E-state index contributed by atoms with van der Waals surface area (Å²) < 4.78 is 32.7. The largest absolute Gasteiger partial charge is 0.461 e. The predicted octanol–water partition coefficient (Wildman–Crippen LogP) is 3.02. The standard InChI is InChI=1S/C14H14F2N2O2/c1-3-18-13(8-12(17-18)14(19)20-4-2)9-5-6-10(15)11(16)7-9/h5-8H,3-4H2,1-2H3. The number of carbonyl (C=O) groups excluding carboxylic acids is 1. The van der Waals surface area contributed by atoms with E-state index in [4.69, 9.17) is 4.74 Å². The van der Waals surface area contributed by atoms with Crippen LogP contribution in [0.4, 0.5) is 8.78 Å². The maximum Gasteiger partial charge on any atom is 0.358 e. The van der Waals surface area contributed by atoms with Crippen LogP contribution in [0.25, 0.3) is 11.3 Å². The van der Waals surface area contributed by atoms with Crippen molar-refractivity contribution in [3.63, 3.8) is 0 Å². The highest BCUT2D eigenvalue weighted by molar-refractivity contribution is 5.88. The molecule has 0 aliphatic heterocycles. The topological polar surface area (TPSA) is 44.1 Å². The van der Waals surface area contributed by atoms with Gasteiger partial charge in [0.05, 0.1) is 12.3 Å². The summed E-state index contributed by atoms with van der Waals surface area (Å²) in [6.45, 7) is 4.28. The Hall–Kier alpha value is -2.24. The van der Waals surface area contributed by atoms with Crippen LogP contribution < -0.4 is 0 Å². The molecule has 0 fully saturated rings. The minimum absolute atomic E-state index is 0.147. The van der Waals surface area contributed by atoms with E-state index in [9.17, 15) is 13.6 Å². The van der Waals surface area contributed by atoms with Crippen LogP contribution in [0, 0.1) is 11.6 Å². The van der Waals surface area contributed by atoms with Crippen molar-refractivity contribution in [1.82, 2.24) is 9.78 Å². The van der Waals surface area contributed by atoms with E-state index in [0.29, 0.717) is 17.8 Å². The van der Waals surface area contributed by atoms with E-state index in [1.54, 1.807) is 11.6 Å². The first-order valence-electron chi connectivity index (χ1n) is 6.27. The van der Waals surface area contributed by atoms with Gasteiger partial charge in [-0.15, -0.1) is 0 Å². The number of aromatic nitrogens is 2. The summed E-state index contributed by atoms with van der Waals surface area (Å²) in [5.41, 5.74) is 1.14. The Bertz CT molecular complexity index is 638. The lowest BCUT2D eigenvalue weighted by Crippen LogP contribution is -2.07. The normalized spacial score (nSPS) is 10.6. The number of esters is 1. The average Bonchev–Trinajstić information content (AvgIpc) is 2.86. The highest BCUT2D eigenvalue weighted by atomic mass is 19.2. The number of ether oxygens (including phenoxy) is 1. The summed E-state index contributed by atoms with van der Waals surface area (Å²) in [6, 6.07) is 5.07. The van der Waals surface area contributed by atoms with Gasteiger partial charge in [-0.1, -0.05) is 0 Å². The molecule has 0 unspecified atom stereocenters. The van der Waals surface area contributed by atoms with E-state index in [1.165, 1.54) is 12.1 Å². The van der Waals surface area contributed by atoms with Crippen molar-refractivity contribution >= 4 is 5.97 Å². The van der Waals surface area contributed by atoms with E-state index in [2.05, 4.69) is 5.10 Å². The second-order valence-corrected chi connectivity index (χ2v) is 4.08. The Morgan fingerprint density at radius 2 is 2.00 bits per heavy atom. The summed E-state index contributed by atoms with van der Waals surface area (Å²) in [4.78, 5) is 11.6. The van der Waals surface area contributed by atoms with Gasteiger partial charge in [0.2, 0.25) is 0 Å². The Kier molecular flexibility index (Phi) is 4.12. The molecule has 2 rings (SSSR count). The highest BCUT2D eigenvalue weighted by Gasteiger charge is 2.16. The molecule has 0 radical (unpaired) electrons. The van der Waals surface area contributed by atoms with E-state index < -0.39 is 17.6 Å². The number of nitrogens with zero attached hydrogens (tertiary/aromatic N) is 2. The quantitative estimate of drug-likeness (QED) is 0.809. The lowest BCUT2D eigenvalue weighted by atomic mass is 10.1. The smallest absolute Gasteiger partial charge is 0.358 e. The third-order valence-corrected chi connectivity index (χ3v) is 2.78. The number of halogens is 2. The van der Waals surface area contributed by atoms with Gasteiger partial charge in [-0.2, -0.15) is 5.10 Å². The van der Waals surface area contributed by atoms with Crippen molar-refractivity contribution in [3.05, 3.63) is 41.6 Å². The van der Waals surface area contributed by atoms with Gasteiger partial charge in [-0.25, -0.2) is 13.6 Å². The molecule has 1 heterocycles. The number of hydrogen-bond donors (Lipinski definition) is 0. The molecular formula is C14H14F2N2O2. The van der Waals surface area contributed by atoms with Crippen LogP contribution in [-0.2, 0) is 11.3 Å². The van der Waals surface area contributed by atoms with Gasteiger partial charge >= 0.3 is 5.97 Å². The van der Waals surface area contributed by atoms with Crippen molar-refractivity contribution in [2.45, 2.75) is 20.4 Å². The van der Waals surface area contributed by atoms with Gasteiger partial charge < -0.3 is 4.74 Å². The second-order valence-electron chi connectivity index (χ2n) is 4.08. The number of carbonyl (C=O) groups is 1. The van der Waals surface area contributed by atoms with Gasteiger partial charge in [-0.05, 0) is 38.1 Å². The fourth-order valence-electron chi connectivity index (χ4n) is 1.85. The molecule has 6 heteroatoms. The van der Waals surface area contributed by atoms with Gasteiger partial charge in [0.15, 0.2) is 17.3 Å². The number of hydrogen-bond acceptors (Lipinski definition) is 3. The third kappa shape index (κ3) is 2.68. The van der Waals surface area contributed by atoms with Crippen molar-refractivity contribution in [3.8, 4) is 11.3 Å². The first kappa shape index (κ1) is 14.2. The lowest BCUT2D eigenvalue weighted by molar-refractivity contribution is 0.0518. The Labute approximate surface area is 115 Å². The zero-order valence-electron chi connectivity index (χ0n) is 11.2. The predicted molar refractivity (Wildman–Crippen MR) is 69.2 cm³/mol. The van der Waals surface area contributed by atoms with E-state index >= 15 is 0 Å². The van der Waals surface area contributed by atoms with Crippen LogP contribution in [0.15, 0.2) is 24.3 Å². The first-order chi connectivity index (χ1) is 9.56. The Morgan fingerprint density at radius 1 is 1.25 bits per heavy atom.